The first kappa shape index (κ1) is 49.0. The molecule has 0 bridgehead atoms. The second-order valence-corrected chi connectivity index (χ2v) is 25.8. The molecule has 12 heteroatoms. The molecule has 6 nitrogen and oxygen atoms in total. The van der Waals surface area contributed by atoms with Gasteiger partial charge in [-0.3, -0.25) is 9.59 Å². The van der Waals surface area contributed by atoms with Crippen LogP contribution in [0.4, 0.5) is 0 Å². The molecule has 0 fully saturated rings. The summed E-state index contributed by atoms with van der Waals surface area (Å²) in [5.74, 6) is -0.248. The van der Waals surface area contributed by atoms with Crippen LogP contribution < -0.4 is 0 Å². The van der Waals surface area contributed by atoms with Crippen LogP contribution in [0.25, 0.3) is 81.1 Å². The molecule has 76 heavy (non-hydrogen) atoms. The Morgan fingerprint density at radius 3 is 1.18 bits per heavy atom. The fraction of sp³-hybridized carbons (Fsp3) is 0.125. The van der Waals surface area contributed by atoms with Crippen LogP contribution in [-0.4, -0.2) is 11.6 Å². The van der Waals surface area contributed by atoms with Gasteiger partial charge in [0.05, 0.1) is 9.40 Å². The zero-order valence-corrected chi connectivity index (χ0v) is 46.7. The third-order valence-corrected chi connectivity index (χ3v) is 21.8. The van der Waals surface area contributed by atoms with Crippen LogP contribution in [-0.2, 0) is 10.8 Å². The summed E-state index contributed by atoms with van der Waals surface area (Å²) >= 11 is 11.7. The van der Waals surface area contributed by atoms with E-state index in [0.29, 0.717) is 44.5 Å². The maximum atomic E-state index is 12.1. The van der Waals surface area contributed by atoms with Crippen molar-refractivity contribution in [2.75, 3.05) is 0 Å². The van der Waals surface area contributed by atoms with Gasteiger partial charge in [-0.1, -0.05) is 101 Å². The molecule has 0 unspecified atom stereocenters. The van der Waals surface area contributed by atoms with Crippen molar-refractivity contribution in [1.82, 2.24) is 0 Å². The Hall–Kier alpha value is -7.88. The first-order valence-electron chi connectivity index (χ1n) is 24.3. The lowest BCUT2D eigenvalue weighted by Gasteiger charge is -2.22. The van der Waals surface area contributed by atoms with Gasteiger partial charge in [0.1, 0.15) is 35.4 Å². The largest absolute Gasteiger partial charge is 0.289 e. The Balaban J connectivity index is 0.000000141. The molecule has 4 aliphatic rings. The van der Waals surface area contributed by atoms with Gasteiger partial charge in [0.25, 0.3) is 0 Å². The molecule has 6 aromatic heterocycles. The van der Waals surface area contributed by atoms with E-state index < -0.39 is 0 Å². The molecule has 0 N–H and O–H groups in total. The minimum atomic E-state index is -0.124. The van der Waals surface area contributed by atoms with Gasteiger partial charge in [-0.2, -0.15) is 21.0 Å². The van der Waals surface area contributed by atoms with Gasteiger partial charge in [0, 0.05) is 82.9 Å². The molecule has 0 atom stereocenters. The van der Waals surface area contributed by atoms with Gasteiger partial charge in [-0.05, 0) is 128 Å². The van der Waals surface area contributed by atoms with Crippen molar-refractivity contribution in [2.24, 2.45) is 0 Å². The van der Waals surface area contributed by atoms with Crippen LogP contribution in [0.3, 0.4) is 0 Å². The fourth-order valence-electron chi connectivity index (χ4n) is 11.4. The molecule has 0 spiro atoms. The number of carbonyl (C=O) groups is 2. The SMILES string of the molecule is C/C=C1\C(=O)c2ccccc2C1=C(C#N)C#N.C/C=C1\C(=O)c2ccccc2C1=C(C#N)C#N.CC1(C)c2cc3cc(-c4cccs4)sc3cc2-c2sc3c4c(sc3c21)-c1cc2sc(-c3cccs3)cc2cc1C4(C)C. The highest BCUT2D eigenvalue weighted by atomic mass is 32.1. The number of ketones is 2. The predicted octanol–water partition coefficient (Wildman–Crippen LogP) is 18.7. The van der Waals surface area contributed by atoms with E-state index in [2.05, 4.69) is 122 Å². The van der Waals surface area contributed by atoms with Crippen LogP contribution in [0.15, 0.2) is 154 Å². The molecule has 4 aliphatic carbocycles. The minimum absolute atomic E-state index is 0.0129. The van der Waals surface area contributed by atoms with E-state index in [9.17, 15) is 9.59 Å². The fourth-order valence-corrected chi connectivity index (χ4v) is 18.7. The van der Waals surface area contributed by atoms with Gasteiger partial charge >= 0.3 is 0 Å². The standard InChI is InChI=1S/C36H24S6.2C14H8N2O/c1-35(2)21-11-17-13-27(23-7-5-9-37-23)39-25(17)15-19(21)31-29(35)33-34(41-31)30-32(42-33)20-16-26-18(12-22(20)36(30,3)4)14-28(40-26)24-8-6-10-38-24;2*1-2-10-13(9(7-15)8-16)11-5-3-4-6-12(11)14(10)17/h5-16H,1-4H3;2*2-6H,1H3/b;2*10-2-. The number of thiophene rings is 6. The Morgan fingerprint density at radius 1 is 0.461 bits per heavy atom. The van der Waals surface area contributed by atoms with Crippen molar-refractivity contribution < 1.29 is 9.59 Å². The van der Waals surface area contributed by atoms with E-state index in [1.807, 2.05) is 69.6 Å². The molecule has 0 radical (unpaired) electrons. The third-order valence-electron chi connectivity index (χ3n) is 14.9. The lowest BCUT2D eigenvalue weighted by atomic mass is 9.81. The van der Waals surface area contributed by atoms with Crippen LogP contribution in [0.1, 0.15) is 95.6 Å². The molecule has 10 aromatic rings. The zero-order chi connectivity index (χ0) is 52.9. The van der Waals surface area contributed by atoms with Crippen molar-refractivity contribution in [2.45, 2.75) is 52.4 Å². The van der Waals surface area contributed by atoms with E-state index in [4.69, 9.17) is 21.0 Å². The summed E-state index contributed by atoms with van der Waals surface area (Å²) in [6.07, 6.45) is 3.29. The summed E-state index contributed by atoms with van der Waals surface area (Å²) < 4.78 is 5.84. The molecular weight excluding hydrogens is 1050 g/mol. The number of carbonyl (C=O) groups excluding carboxylic acids is 2. The Kier molecular flexibility index (Phi) is 11.9. The van der Waals surface area contributed by atoms with Gasteiger partial charge in [0.15, 0.2) is 11.6 Å². The second kappa shape index (κ2) is 18.4. The van der Waals surface area contributed by atoms with Crippen molar-refractivity contribution >= 4 is 120 Å². The Bertz CT molecular complexity index is 4190. The maximum Gasteiger partial charge on any atom is 0.194 e. The smallest absolute Gasteiger partial charge is 0.194 e. The summed E-state index contributed by atoms with van der Waals surface area (Å²) in [6.45, 7) is 13.3. The number of hydrogen-bond donors (Lipinski definition) is 0. The third kappa shape index (κ3) is 7.29. The number of hydrogen-bond acceptors (Lipinski definition) is 12. The predicted molar refractivity (Wildman–Crippen MR) is 318 cm³/mol. The van der Waals surface area contributed by atoms with Crippen LogP contribution in [0.2, 0.25) is 0 Å². The van der Waals surface area contributed by atoms with E-state index in [1.54, 1.807) is 85.7 Å². The summed E-state index contributed by atoms with van der Waals surface area (Å²) in [7, 11) is 0. The highest BCUT2D eigenvalue weighted by molar-refractivity contribution is 7.32. The molecule has 6 heterocycles. The second-order valence-electron chi connectivity index (χ2n) is 19.7. The van der Waals surface area contributed by atoms with Gasteiger partial charge in [-0.25, -0.2) is 0 Å². The van der Waals surface area contributed by atoms with Crippen LogP contribution >= 0.6 is 68.0 Å². The van der Waals surface area contributed by atoms with E-state index in [1.165, 1.54) is 81.1 Å². The quantitative estimate of drug-likeness (QED) is 0.125. The average Bonchev–Trinajstić information content (AvgIpc) is 4.32. The zero-order valence-electron chi connectivity index (χ0n) is 41.8. The topological polar surface area (TPSA) is 129 Å². The Morgan fingerprint density at radius 2 is 0.842 bits per heavy atom. The summed E-state index contributed by atoms with van der Waals surface area (Å²) in [6, 6.07) is 45.0. The first-order chi connectivity index (χ1) is 36.8. The van der Waals surface area contributed by atoms with E-state index in [0.717, 1.165) is 0 Å². The summed E-state index contributed by atoms with van der Waals surface area (Å²) in [5.41, 5.74) is 13.2. The summed E-state index contributed by atoms with van der Waals surface area (Å²) in [5, 5.41) is 42.9. The molecular formula is C64H40N4O2S6. The van der Waals surface area contributed by atoms with Crippen molar-refractivity contribution in [3.05, 3.63) is 199 Å². The minimum Gasteiger partial charge on any atom is -0.289 e. The number of benzene rings is 4. The number of nitriles is 4. The molecule has 0 amide bonds. The molecule has 0 aliphatic heterocycles. The van der Waals surface area contributed by atoms with Gasteiger partial charge < -0.3 is 0 Å². The van der Waals surface area contributed by atoms with Crippen LogP contribution in [0, 0.1) is 45.3 Å². The molecule has 4 aromatic carbocycles. The maximum absolute atomic E-state index is 12.1. The highest BCUT2D eigenvalue weighted by Gasteiger charge is 2.45. The molecule has 0 saturated heterocycles. The van der Waals surface area contributed by atoms with E-state index >= 15 is 0 Å². The van der Waals surface area contributed by atoms with Crippen molar-refractivity contribution in [3.8, 4) is 64.7 Å². The summed E-state index contributed by atoms with van der Waals surface area (Å²) in [4.78, 5) is 32.6. The molecule has 364 valence electrons. The highest BCUT2D eigenvalue weighted by Crippen LogP contribution is 2.64. The molecule has 14 rings (SSSR count). The average molecular weight is 1090 g/mol. The lowest BCUT2D eigenvalue weighted by molar-refractivity contribution is 0.103. The van der Waals surface area contributed by atoms with Crippen LogP contribution in [0.5, 0.6) is 0 Å². The number of nitrogens with zero attached hydrogens (tertiary/aromatic N) is 4. The van der Waals surface area contributed by atoms with Crippen molar-refractivity contribution in [1.29, 1.82) is 21.0 Å². The number of allylic oxidation sites excluding steroid dienone is 8. The number of Topliss-reactive ketones (excluding diaryl/α,β-unsaturated/α-hetero) is 2. The number of fused-ring (bicyclic) bond motifs is 13. The van der Waals surface area contributed by atoms with E-state index in [-0.39, 0.29) is 33.5 Å². The first-order valence-corrected chi connectivity index (χ1v) is 29.4. The monoisotopic (exact) mass is 1090 g/mol. The van der Waals surface area contributed by atoms with Gasteiger partial charge in [0.2, 0.25) is 0 Å². The lowest BCUT2D eigenvalue weighted by Crippen LogP contribution is -2.15. The molecule has 0 saturated carbocycles. The number of rotatable bonds is 2. The normalized spacial score (nSPS) is 15.7. The van der Waals surface area contributed by atoms with Crippen molar-refractivity contribution in [3.63, 3.8) is 0 Å². The van der Waals surface area contributed by atoms with Gasteiger partial charge in [-0.15, -0.1) is 68.0 Å². The Labute approximate surface area is 463 Å².